The van der Waals surface area contributed by atoms with E-state index in [0.29, 0.717) is 37.5 Å². The number of aliphatic hydroxyl groups excluding tert-OH is 1. The number of phosphoric ester groups is 2. The average Bonchev–Trinajstić information content (AvgIpc) is 3.60. The molecule has 0 spiro atoms. The van der Waals surface area contributed by atoms with E-state index in [1.807, 2.05) is 0 Å². The first-order chi connectivity index (χ1) is 42.1. The smallest absolute Gasteiger partial charge is 0.462 e. The van der Waals surface area contributed by atoms with E-state index < -0.39 is 97.5 Å². The van der Waals surface area contributed by atoms with E-state index in [-0.39, 0.29) is 25.7 Å². The van der Waals surface area contributed by atoms with Gasteiger partial charge >= 0.3 is 39.5 Å². The summed E-state index contributed by atoms with van der Waals surface area (Å²) < 4.78 is 68.2. The number of carbonyl (C=O) groups is 4. The Morgan fingerprint density at radius 3 is 0.705 bits per heavy atom. The molecule has 3 unspecified atom stereocenters. The van der Waals surface area contributed by atoms with Crippen LogP contribution in [0.3, 0.4) is 0 Å². The number of ether oxygens (including phenoxy) is 4. The van der Waals surface area contributed by atoms with E-state index in [0.717, 1.165) is 108 Å². The van der Waals surface area contributed by atoms with Crippen LogP contribution in [-0.4, -0.2) is 96.7 Å². The molecule has 19 heteroatoms. The molecule has 0 amide bonds. The van der Waals surface area contributed by atoms with Gasteiger partial charge in [0, 0.05) is 25.7 Å². The monoisotopic (exact) mass is 1300 g/mol. The molecular weight excluding hydrogens is 1160 g/mol. The lowest BCUT2D eigenvalue weighted by atomic mass is 10.0. The van der Waals surface area contributed by atoms with Gasteiger partial charge in [-0.25, -0.2) is 9.13 Å². The molecule has 0 heterocycles. The maximum Gasteiger partial charge on any atom is 0.472 e. The second-order valence-electron chi connectivity index (χ2n) is 26.8. The third-order valence-electron chi connectivity index (χ3n) is 15.8. The molecule has 0 aromatic rings. The zero-order valence-corrected chi connectivity index (χ0v) is 59.1. The van der Waals surface area contributed by atoms with E-state index in [1.54, 1.807) is 0 Å². The lowest BCUT2D eigenvalue weighted by Gasteiger charge is -2.21. The molecule has 0 aromatic carbocycles. The number of hydrogen-bond acceptors (Lipinski definition) is 15. The first-order valence-electron chi connectivity index (χ1n) is 35.7. The predicted octanol–water partition coefficient (Wildman–Crippen LogP) is 19.3. The zero-order chi connectivity index (χ0) is 65.4. The van der Waals surface area contributed by atoms with Crippen molar-refractivity contribution in [2.45, 2.75) is 356 Å². The van der Waals surface area contributed by atoms with Crippen LogP contribution in [0.25, 0.3) is 0 Å². The highest BCUT2D eigenvalue weighted by Gasteiger charge is 2.30. The number of rotatable bonds is 66. The van der Waals surface area contributed by atoms with Crippen LogP contribution in [0.5, 0.6) is 0 Å². The summed E-state index contributed by atoms with van der Waals surface area (Å²) >= 11 is 0. The Bertz CT molecular complexity index is 1750. The third-order valence-corrected chi connectivity index (χ3v) is 17.7. The first kappa shape index (κ1) is 86.1. The maximum absolute atomic E-state index is 13.0. The minimum atomic E-state index is -4.95. The van der Waals surface area contributed by atoms with Crippen molar-refractivity contribution >= 4 is 39.5 Å². The molecule has 0 aliphatic rings. The van der Waals surface area contributed by atoms with E-state index in [4.69, 9.17) is 37.0 Å². The molecule has 0 fully saturated rings. The largest absolute Gasteiger partial charge is 0.472 e. The number of phosphoric acid groups is 2. The van der Waals surface area contributed by atoms with E-state index in [2.05, 4.69) is 55.4 Å². The summed E-state index contributed by atoms with van der Waals surface area (Å²) in [6, 6.07) is 0. The minimum Gasteiger partial charge on any atom is -0.462 e. The molecule has 0 aliphatic heterocycles. The highest BCUT2D eigenvalue weighted by Crippen LogP contribution is 2.45. The second kappa shape index (κ2) is 58.8. The van der Waals surface area contributed by atoms with Gasteiger partial charge in [0.1, 0.15) is 19.3 Å². The number of hydrogen-bond donors (Lipinski definition) is 3. The summed E-state index contributed by atoms with van der Waals surface area (Å²) in [5.74, 6) is 0.803. The Kier molecular flexibility index (Phi) is 57.6. The first-order valence-corrected chi connectivity index (χ1v) is 38.7. The summed E-state index contributed by atoms with van der Waals surface area (Å²) in [7, 11) is -9.90. The lowest BCUT2D eigenvalue weighted by molar-refractivity contribution is -0.161. The van der Waals surface area contributed by atoms with Crippen LogP contribution < -0.4 is 0 Å². The van der Waals surface area contributed by atoms with Gasteiger partial charge in [-0.2, -0.15) is 0 Å². The number of esters is 4. The SMILES string of the molecule is CC(C)CCCCCCCCCCCCCCC(=O)O[C@H](COC(=O)CCCCCCCCCC(C)C)COP(=O)(O)OCC(O)COP(=O)(O)OC[C@@H](COC(=O)CCCCCCCCCCCCC(C)C)OC(=O)CCCCCCCCCC(C)C. The summed E-state index contributed by atoms with van der Waals surface area (Å²) in [6.07, 6.45) is 40.5. The second-order valence-corrected chi connectivity index (χ2v) is 29.7. The van der Waals surface area contributed by atoms with Crippen molar-refractivity contribution < 1.29 is 80.2 Å². The highest BCUT2D eigenvalue weighted by molar-refractivity contribution is 7.47. The number of aliphatic hydroxyl groups is 1. The van der Waals surface area contributed by atoms with Crippen LogP contribution in [0.4, 0.5) is 0 Å². The van der Waals surface area contributed by atoms with Crippen molar-refractivity contribution in [3.05, 3.63) is 0 Å². The van der Waals surface area contributed by atoms with Crippen LogP contribution in [0, 0.1) is 23.7 Å². The van der Waals surface area contributed by atoms with E-state index in [9.17, 15) is 43.2 Å². The zero-order valence-electron chi connectivity index (χ0n) is 57.3. The fourth-order valence-corrected chi connectivity index (χ4v) is 11.9. The van der Waals surface area contributed by atoms with Gasteiger partial charge < -0.3 is 33.8 Å². The fourth-order valence-electron chi connectivity index (χ4n) is 10.3. The normalized spacial score (nSPS) is 14.3. The maximum atomic E-state index is 13.0. The molecule has 0 aliphatic carbocycles. The Morgan fingerprint density at radius 2 is 0.477 bits per heavy atom. The molecule has 0 saturated carbocycles. The van der Waals surface area contributed by atoms with Crippen LogP contribution >= 0.6 is 15.6 Å². The highest BCUT2D eigenvalue weighted by atomic mass is 31.2. The molecule has 0 saturated heterocycles. The standard InChI is InChI=1S/C69H134O17P2/c1-59(2)45-37-29-21-15-11-9-10-12-18-26-35-43-51-68(73)85-64(56-80-67(72)50-42-34-27-19-23-31-39-47-61(5)6)57-83-87(75,76)81-53-63(70)54-82-88(77,78)84-58-65(86-69(74)52-44-36-28-20-24-32-40-48-62(7)8)55-79-66(71)49-41-33-25-17-14-13-16-22-30-38-46-60(3)4/h59-65,70H,9-58H2,1-8H3,(H,75,76)(H,77,78)/t63?,64-,65-/m1/s1. The van der Waals surface area contributed by atoms with Gasteiger partial charge in [0.05, 0.1) is 26.4 Å². The molecule has 0 rings (SSSR count). The van der Waals surface area contributed by atoms with Gasteiger partial charge in [-0.3, -0.25) is 37.3 Å². The van der Waals surface area contributed by atoms with Crippen molar-refractivity contribution in [3.8, 4) is 0 Å². The van der Waals surface area contributed by atoms with Crippen molar-refractivity contribution in [3.63, 3.8) is 0 Å². The lowest BCUT2D eigenvalue weighted by Crippen LogP contribution is -2.30. The van der Waals surface area contributed by atoms with Crippen molar-refractivity contribution in [1.29, 1.82) is 0 Å². The van der Waals surface area contributed by atoms with Crippen LogP contribution in [0.15, 0.2) is 0 Å². The fraction of sp³-hybridized carbons (Fsp3) is 0.942. The van der Waals surface area contributed by atoms with Crippen LogP contribution in [-0.2, 0) is 65.4 Å². The molecular formula is C69H134O17P2. The Balaban J connectivity index is 5.24. The van der Waals surface area contributed by atoms with Crippen molar-refractivity contribution in [1.82, 2.24) is 0 Å². The summed E-state index contributed by atoms with van der Waals surface area (Å²) in [6.45, 7) is 14.0. The quantitative estimate of drug-likeness (QED) is 0.0222. The average molecular weight is 1300 g/mol. The Labute approximate surface area is 537 Å². The van der Waals surface area contributed by atoms with Gasteiger partial charge in [-0.05, 0) is 49.4 Å². The van der Waals surface area contributed by atoms with Gasteiger partial charge in [0.25, 0.3) is 0 Å². The molecule has 5 atom stereocenters. The van der Waals surface area contributed by atoms with Gasteiger partial charge in [-0.15, -0.1) is 0 Å². The van der Waals surface area contributed by atoms with E-state index in [1.165, 1.54) is 135 Å². The van der Waals surface area contributed by atoms with Crippen LogP contribution in [0.2, 0.25) is 0 Å². The number of unbranched alkanes of at least 4 members (excludes halogenated alkanes) is 32. The Morgan fingerprint density at radius 1 is 0.284 bits per heavy atom. The molecule has 88 heavy (non-hydrogen) atoms. The van der Waals surface area contributed by atoms with Gasteiger partial charge in [-0.1, -0.05) is 287 Å². The Hall–Kier alpha value is -1.94. The van der Waals surface area contributed by atoms with Gasteiger partial charge in [0.15, 0.2) is 12.2 Å². The van der Waals surface area contributed by atoms with Crippen molar-refractivity contribution in [2.24, 2.45) is 23.7 Å². The third kappa shape index (κ3) is 62.8. The molecule has 0 radical (unpaired) electrons. The summed E-state index contributed by atoms with van der Waals surface area (Å²) in [5, 5.41) is 10.6. The predicted molar refractivity (Wildman–Crippen MR) is 354 cm³/mol. The van der Waals surface area contributed by atoms with Crippen LogP contribution in [0.1, 0.15) is 338 Å². The molecule has 522 valence electrons. The van der Waals surface area contributed by atoms with Crippen molar-refractivity contribution in [2.75, 3.05) is 39.6 Å². The summed E-state index contributed by atoms with van der Waals surface area (Å²) in [4.78, 5) is 72.5. The van der Waals surface area contributed by atoms with E-state index >= 15 is 0 Å². The molecule has 0 aromatic heterocycles. The topological polar surface area (TPSA) is 237 Å². The minimum absolute atomic E-state index is 0.103. The number of carbonyl (C=O) groups excluding carboxylic acids is 4. The van der Waals surface area contributed by atoms with Gasteiger partial charge in [0.2, 0.25) is 0 Å². The molecule has 0 bridgehead atoms. The molecule has 3 N–H and O–H groups in total. The molecule has 17 nitrogen and oxygen atoms in total. The summed E-state index contributed by atoms with van der Waals surface area (Å²) in [5.41, 5.74) is 0.